The number of rotatable bonds is 7. The third-order valence-corrected chi connectivity index (χ3v) is 8.74. The number of aryl methyl sites for hydroxylation is 2. The maximum Gasteiger partial charge on any atom is 0.343 e. The number of nitrogens with zero attached hydrogens (tertiary/aromatic N) is 2. The smallest absolute Gasteiger partial charge is 0.343 e. The Balaban J connectivity index is 1.30. The summed E-state index contributed by atoms with van der Waals surface area (Å²) in [6, 6.07) is 43.1. The fourth-order valence-corrected chi connectivity index (χ4v) is 5.93. The van der Waals surface area contributed by atoms with Crippen LogP contribution >= 0.6 is 0 Å². The van der Waals surface area contributed by atoms with Gasteiger partial charge in [-0.1, -0.05) is 78.9 Å². The molecule has 0 N–H and O–H groups in total. The van der Waals surface area contributed by atoms with E-state index in [-0.39, 0.29) is 0 Å². The summed E-state index contributed by atoms with van der Waals surface area (Å²) in [5.41, 5.74) is 6.63. The van der Waals surface area contributed by atoms with Crippen molar-refractivity contribution >= 4 is 44.9 Å². The van der Waals surface area contributed by atoms with E-state index in [1.165, 1.54) is 0 Å². The Morgan fingerprint density at radius 3 is 1.45 bits per heavy atom. The number of hydrogen-bond acceptors (Lipinski definition) is 6. The molecular formula is C43H32N2O4. The van der Waals surface area contributed by atoms with E-state index >= 15 is 0 Å². The number of esters is 2. The summed E-state index contributed by atoms with van der Waals surface area (Å²) in [5.74, 6) is -0.299. The van der Waals surface area contributed by atoms with Gasteiger partial charge in [-0.05, 0) is 120 Å². The Bertz CT molecular complexity index is 2370. The monoisotopic (exact) mass is 640 g/mol. The van der Waals surface area contributed by atoms with E-state index in [2.05, 4.69) is 10.2 Å². The molecule has 7 aromatic rings. The third-order valence-electron chi connectivity index (χ3n) is 8.74. The molecule has 0 radical (unpaired) electrons. The second-order valence-electron chi connectivity index (χ2n) is 11.9. The molecule has 0 aliphatic carbocycles. The van der Waals surface area contributed by atoms with E-state index in [9.17, 15) is 9.59 Å². The fraction of sp³-hybridized carbons (Fsp3) is 0.0698. The molecule has 49 heavy (non-hydrogen) atoms. The third kappa shape index (κ3) is 6.45. The van der Waals surface area contributed by atoms with Crippen molar-refractivity contribution in [1.29, 1.82) is 0 Å². The Morgan fingerprint density at radius 2 is 0.918 bits per heavy atom. The highest BCUT2D eigenvalue weighted by Crippen LogP contribution is 2.46. The zero-order chi connectivity index (χ0) is 33.9. The van der Waals surface area contributed by atoms with Crippen LogP contribution in [-0.4, -0.2) is 11.9 Å². The first-order valence-corrected chi connectivity index (χ1v) is 16.0. The van der Waals surface area contributed by atoms with Crippen molar-refractivity contribution in [2.24, 2.45) is 10.2 Å². The van der Waals surface area contributed by atoms with Crippen molar-refractivity contribution in [3.05, 3.63) is 167 Å². The Labute approximate surface area is 284 Å². The van der Waals surface area contributed by atoms with Crippen molar-refractivity contribution < 1.29 is 19.1 Å². The molecule has 0 amide bonds. The van der Waals surface area contributed by atoms with Gasteiger partial charge in [0.2, 0.25) is 0 Å². The van der Waals surface area contributed by atoms with E-state index in [4.69, 9.17) is 9.47 Å². The fourth-order valence-electron chi connectivity index (χ4n) is 5.93. The summed E-state index contributed by atoms with van der Waals surface area (Å²) in [5, 5.41) is 12.1. The molecule has 0 saturated heterocycles. The summed E-state index contributed by atoms with van der Waals surface area (Å²) in [7, 11) is 0. The van der Waals surface area contributed by atoms with Crippen molar-refractivity contribution in [2.45, 2.75) is 20.8 Å². The van der Waals surface area contributed by atoms with E-state index in [1.807, 2.05) is 124 Å². The van der Waals surface area contributed by atoms with Crippen LogP contribution in [0.5, 0.6) is 11.5 Å². The molecule has 0 aliphatic rings. The van der Waals surface area contributed by atoms with Crippen LogP contribution in [0.25, 0.3) is 32.7 Å². The zero-order valence-electron chi connectivity index (χ0n) is 27.3. The van der Waals surface area contributed by atoms with Crippen LogP contribution in [0.4, 0.5) is 11.4 Å². The number of azo groups is 1. The van der Waals surface area contributed by atoms with Crippen LogP contribution in [0.1, 0.15) is 37.4 Å². The maximum atomic E-state index is 13.7. The van der Waals surface area contributed by atoms with Crippen molar-refractivity contribution in [1.82, 2.24) is 0 Å². The Hall–Kier alpha value is -6.40. The first kappa shape index (κ1) is 31.2. The Morgan fingerprint density at radius 1 is 0.469 bits per heavy atom. The molecule has 0 bridgehead atoms. The first-order chi connectivity index (χ1) is 23.9. The second kappa shape index (κ2) is 13.4. The summed E-state index contributed by atoms with van der Waals surface area (Å²) in [6.45, 7) is 6.01. The van der Waals surface area contributed by atoms with Gasteiger partial charge in [0.15, 0.2) is 0 Å². The lowest BCUT2D eigenvalue weighted by Crippen LogP contribution is -2.11. The summed E-state index contributed by atoms with van der Waals surface area (Å²) >= 11 is 0. The minimum atomic E-state index is -0.535. The predicted molar refractivity (Wildman–Crippen MR) is 195 cm³/mol. The van der Waals surface area contributed by atoms with Gasteiger partial charge in [0.05, 0.1) is 22.5 Å². The SMILES string of the molecule is Cc1cc(C(=O)Oc2ccc3ccccc3c2-c2c(OC(=O)c3ccc(N=Nc4ccccc4)cc3)ccc3ccccc23)cc(C)c1C. The molecule has 6 nitrogen and oxygen atoms in total. The quantitative estimate of drug-likeness (QED) is 0.0986. The molecule has 0 aliphatic heterocycles. The number of benzene rings is 7. The highest BCUT2D eigenvalue weighted by atomic mass is 16.5. The predicted octanol–water partition coefficient (Wildman–Crippen LogP) is 11.4. The first-order valence-electron chi connectivity index (χ1n) is 16.0. The topological polar surface area (TPSA) is 77.3 Å². The molecule has 0 spiro atoms. The molecule has 0 fully saturated rings. The van der Waals surface area contributed by atoms with Gasteiger partial charge in [-0.25, -0.2) is 9.59 Å². The molecule has 238 valence electrons. The largest absolute Gasteiger partial charge is 0.422 e. The summed E-state index contributed by atoms with van der Waals surface area (Å²) in [4.78, 5) is 27.4. The van der Waals surface area contributed by atoms with E-state index in [0.29, 0.717) is 39.4 Å². The lowest BCUT2D eigenvalue weighted by Gasteiger charge is -2.19. The van der Waals surface area contributed by atoms with Crippen LogP contribution in [0, 0.1) is 20.8 Å². The number of fused-ring (bicyclic) bond motifs is 2. The molecule has 7 aromatic carbocycles. The standard InChI is InChI=1S/C43H32N2O4/c1-27-25-33(26-28(2)29(27)3)43(47)49-39-24-20-31-12-8-10-16-37(31)41(39)40-36-15-9-7-11-30(36)19-23-38(40)48-42(46)32-17-21-35(22-18-32)45-44-34-13-5-4-6-14-34/h4-26H,1-3H3. The van der Waals surface area contributed by atoms with Crippen LogP contribution in [-0.2, 0) is 0 Å². The minimum absolute atomic E-state index is 0.340. The van der Waals surface area contributed by atoms with Gasteiger partial charge >= 0.3 is 11.9 Å². The van der Waals surface area contributed by atoms with Gasteiger partial charge in [-0.3, -0.25) is 0 Å². The molecule has 0 atom stereocenters. The minimum Gasteiger partial charge on any atom is -0.422 e. The second-order valence-corrected chi connectivity index (χ2v) is 11.9. The average Bonchev–Trinajstić information content (AvgIpc) is 3.13. The summed E-state index contributed by atoms with van der Waals surface area (Å²) < 4.78 is 12.4. The van der Waals surface area contributed by atoms with E-state index in [1.54, 1.807) is 36.4 Å². The lowest BCUT2D eigenvalue weighted by atomic mass is 9.92. The van der Waals surface area contributed by atoms with Gasteiger partial charge in [0.1, 0.15) is 11.5 Å². The highest BCUT2D eigenvalue weighted by molar-refractivity contribution is 6.11. The number of carbonyl (C=O) groups is 2. The van der Waals surface area contributed by atoms with Crippen molar-refractivity contribution in [3.63, 3.8) is 0 Å². The number of hydrogen-bond donors (Lipinski definition) is 0. The zero-order valence-corrected chi connectivity index (χ0v) is 27.3. The molecule has 0 heterocycles. The molecular weight excluding hydrogens is 608 g/mol. The van der Waals surface area contributed by atoms with E-state index < -0.39 is 11.9 Å². The van der Waals surface area contributed by atoms with Gasteiger partial charge in [-0.2, -0.15) is 10.2 Å². The van der Waals surface area contributed by atoms with Crippen molar-refractivity contribution in [2.75, 3.05) is 0 Å². The average molecular weight is 641 g/mol. The normalized spacial score (nSPS) is 11.2. The molecule has 0 unspecified atom stereocenters. The van der Waals surface area contributed by atoms with Crippen molar-refractivity contribution in [3.8, 4) is 22.6 Å². The van der Waals surface area contributed by atoms with Gasteiger partial charge in [0, 0.05) is 11.1 Å². The molecule has 0 aromatic heterocycles. The maximum absolute atomic E-state index is 13.7. The molecule has 0 saturated carbocycles. The molecule has 7 rings (SSSR count). The van der Waals surface area contributed by atoms with Crippen LogP contribution < -0.4 is 9.47 Å². The molecule has 6 heteroatoms. The number of ether oxygens (including phenoxy) is 2. The Kier molecular flexibility index (Phi) is 8.52. The summed E-state index contributed by atoms with van der Waals surface area (Å²) in [6.07, 6.45) is 0. The van der Waals surface area contributed by atoms with Gasteiger partial charge < -0.3 is 9.47 Å². The van der Waals surface area contributed by atoms with Gasteiger partial charge in [0.25, 0.3) is 0 Å². The van der Waals surface area contributed by atoms with Crippen LogP contribution in [0.2, 0.25) is 0 Å². The van der Waals surface area contributed by atoms with Gasteiger partial charge in [-0.15, -0.1) is 0 Å². The number of carbonyl (C=O) groups excluding carboxylic acids is 2. The lowest BCUT2D eigenvalue weighted by molar-refractivity contribution is 0.0723. The van der Waals surface area contributed by atoms with Crippen LogP contribution in [0.15, 0.2) is 150 Å². The highest BCUT2D eigenvalue weighted by Gasteiger charge is 2.23. The van der Waals surface area contributed by atoms with E-state index in [0.717, 1.165) is 43.9 Å². The van der Waals surface area contributed by atoms with Crippen LogP contribution in [0.3, 0.4) is 0 Å².